The molecule has 112 valence electrons. The largest absolute Gasteiger partial charge is 0.481 e. The number of amides is 2. The Hall–Kier alpha value is -1.30. The lowest BCUT2D eigenvalue weighted by molar-refractivity contribution is -0.138. The summed E-state index contributed by atoms with van der Waals surface area (Å²) in [7, 11) is 3.26. The molecule has 0 aliphatic rings. The predicted molar refractivity (Wildman–Crippen MR) is 73.1 cm³/mol. The second kappa shape index (κ2) is 9.61. The molecular weight excluding hydrogens is 248 g/mol. The van der Waals surface area contributed by atoms with Crippen LogP contribution in [0.3, 0.4) is 0 Å². The van der Waals surface area contributed by atoms with Crippen molar-refractivity contribution in [2.75, 3.05) is 33.9 Å². The summed E-state index contributed by atoms with van der Waals surface area (Å²) < 4.78 is 4.89. The number of carbonyl (C=O) groups excluding carboxylic acids is 1. The number of aliphatic carboxylic acids is 1. The number of likely N-dealkylation sites (N-methyl/N-ethyl adjacent to an activating group) is 1. The summed E-state index contributed by atoms with van der Waals surface area (Å²) in [4.78, 5) is 24.0. The number of carboxylic acids is 1. The molecule has 0 aromatic heterocycles. The standard InChI is InChI=1S/C13H26N2O4/c1-10(2)7-11(8-12(16)17)9-14-13(18)15(3)5-6-19-4/h10-11H,5-9H2,1-4H3,(H,14,18)(H,16,17)/t11-/m0/s1. The third-order valence-corrected chi connectivity index (χ3v) is 2.79. The summed E-state index contributed by atoms with van der Waals surface area (Å²) in [5.41, 5.74) is 0. The lowest BCUT2D eigenvalue weighted by Gasteiger charge is -2.21. The van der Waals surface area contributed by atoms with Gasteiger partial charge in [0.25, 0.3) is 0 Å². The van der Waals surface area contributed by atoms with Gasteiger partial charge in [-0.3, -0.25) is 4.79 Å². The zero-order chi connectivity index (χ0) is 14.8. The van der Waals surface area contributed by atoms with Gasteiger partial charge in [-0.05, 0) is 18.3 Å². The van der Waals surface area contributed by atoms with Crippen molar-refractivity contribution >= 4 is 12.0 Å². The molecule has 0 rings (SSSR count). The summed E-state index contributed by atoms with van der Waals surface area (Å²) in [5, 5.41) is 11.6. The molecule has 0 unspecified atom stereocenters. The van der Waals surface area contributed by atoms with E-state index < -0.39 is 5.97 Å². The van der Waals surface area contributed by atoms with Gasteiger partial charge in [-0.1, -0.05) is 13.8 Å². The first-order valence-corrected chi connectivity index (χ1v) is 6.56. The molecule has 0 aliphatic heterocycles. The second-order valence-electron chi connectivity index (χ2n) is 5.19. The third kappa shape index (κ3) is 9.30. The minimum absolute atomic E-state index is 0.0303. The molecule has 6 nitrogen and oxygen atoms in total. The molecule has 0 saturated heterocycles. The van der Waals surface area contributed by atoms with E-state index in [1.54, 1.807) is 14.2 Å². The Kier molecular flexibility index (Phi) is 8.95. The number of nitrogens with one attached hydrogen (secondary N) is 1. The van der Waals surface area contributed by atoms with Gasteiger partial charge in [0.15, 0.2) is 0 Å². The Morgan fingerprint density at radius 1 is 1.37 bits per heavy atom. The van der Waals surface area contributed by atoms with Crippen molar-refractivity contribution in [2.24, 2.45) is 11.8 Å². The molecule has 0 aliphatic carbocycles. The highest BCUT2D eigenvalue weighted by Crippen LogP contribution is 2.14. The molecule has 0 spiro atoms. The van der Waals surface area contributed by atoms with Gasteiger partial charge in [0.2, 0.25) is 0 Å². The quantitative estimate of drug-likeness (QED) is 0.666. The van der Waals surface area contributed by atoms with Crippen molar-refractivity contribution in [2.45, 2.75) is 26.7 Å². The number of ether oxygens (including phenoxy) is 1. The van der Waals surface area contributed by atoms with E-state index in [-0.39, 0.29) is 18.4 Å². The summed E-state index contributed by atoms with van der Waals surface area (Å²) in [6.45, 7) is 5.47. The Labute approximate surface area is 115 Å². The predicted octanol–water partition coefficient (Wildman–Crippen LogP) is 1.41. The van der Waals surface area contributed by atoms with E-state index in [0.29, 0.717) is 25.6 Å². The van der Waals surface area contributed by atoms with Crippen LogP contribution in [0.25, 0.3) is 0 Å². The Balaban J connectivity index is 4.14. The van der Waals surface area contributed by atoms with E-state index in [1.807, 2.05) is 13.8 Å². The molecule has 2 N–H and O–H groups in total. The van der Waals surface area contributed by atoms with E-state index >= 15 is 0 Å². The molecule has 6 heteroatoms. The van der Waals surface area contributed by atoms with Gasteiger partial charge in [0.05, 0.1) is 6.61 Å². The molecule has 0 aromatic carbocycles. The topological polar surface area (TPSA) is 78.9 Å². The normalized spacial score (nSPS) is 12.3. The van der Waals surface area contributed by atoms with Gasteiger partial charge >= 0.3 is 12.0 Å². The summed E-state index contributed by atoms with van der Waals surface area (Å²) >= 11 is 0. The number of methoxy groups -OCH3 is 1. The summed E-state index contributed by atoms with van der Waals surface area (Å²) in [6.07, 6.45) is 0.870. The van der Waals surface area contributed by atoms with Gasteiger partial charge in [-0.2, -0.15) is 0 Å². The summed E-state index contributed by atoms with van der Waals surface area (Å²) in [6, 6.07) is -0.198. The Morgan fingerprint density at radius 3 is 2.47 bits per heavy atom. The fraction of sp³-hybridized carbons (Fsp3) is 0.846. The van der Waals surface area contributed by atoms with Crippen molar-refractivity contribution in [1.29, 1.82) is 0 Å². The molecule has 2 amide bonds. The van der Waals surface area contributed by atoms with Crippen LogP contribution in [0.15, 0.2) is 0 Å². The number of urea groups is 1. The number of carboxylic acid groups (broad SMARTS) is 1. The van der Waals surface area contributed by atoms with Crippen molar-refractivity contribution < 1.29 is 19.4 Å². The molecule has 0 radical (unpaired) electrons. The monoisotopic (exact) mass is 274 g/mol. The average molecular weight is 274 g/mol. The first-order valence-electron chi connectivity index (χ1n) is 6.56. The van der Waals surface area contributed by atoms with Crippen molar-refractivity contribution in [3.05, 3.63) is 0 Å². The van der Waals surface area contributed by atoms with Crippen LogP contribution in [0.5, 0.6) is 0 Å². The smallest absolute Gasteiger partial charge is 0.317 e. The number of carbonyl (C=O) groups is 2. The van der Waals surface area contributed by atoms with E-state index in [0.717, 1.165) is 6.42 Å². The van der Waals surface area contributed by atoms with E-state index in [1.165, 1.54) is 4.90 Å². The first-order chi connectivity index (χ1) is 8.86. The van der Waals surface area contributed by atoms with Crippen molar-refractivity contribution in [3.8, 4) is 0 Å². The molecule has 1 atom stereocenters. The van der Waals surface area contributed by atoms with Gasteiger partial charge < -0.3 is 20.1 Å². The van der Waals surface area contributed by atoms with Crippen LogP contribution in [-0.4, -0.2) is 55.9 Å². The number of hydrogen-bond acceptors (Lipinski definition) is 3. The van der Waals surface area contributed by atoms with Crippen LogP contribution in [0.1, 0.15) is 26.7 Å². The SMILES string of the molecule is COCCN(C)C(=O)NC[C@H](CC(=O)O)CC(C)C. The van der Waals surface area contributed by atoms with E-state index in [2.05, 4.69) is 5.32 Å². The fourth-order valence-electron chi connectivity index (χ4n) is 1.85. The lowest BCUT2D eigenvalue weighted by atomic mass is 9.94. The minimum Gasteiger partial charge on any atom is -0.481 e. The van der Waals surface area contributed by atoms with Gasteiger partial charge in [-0.15, -0.1) is 0 Å². The maximum absolute atomic E-state index is 11.7. The van der Waals surface area contributed by atoms with Gasteiger partial charge in [0, 0.05) is 33.7 Å². The van der Waals surface area contributed by atoms with Crippen molar-refractivity contribution in [3.63, 3.8) is 0 Å². The molecule has 0 heterocycles. The Morgan fingerprint density at radius 2 is 2.00 bits per heavy atom. The maximum Gasteiger partial charge on any atom is 0.317 e. The maximum atomic E-state index is 11.7. The molecule has 0 saturated carbocycles. The summed E-state index contributed by atoms with van der Waals surface area (Å²) in [5.74, 6) is -0.447. The lowest BCUT2D eigenvalue weighted by Crippen LogP contribution is -2.41. The molecule has 0 bridgehead atoms. The Bertz CT molecular complexity index is 282. The highest BCUT2D eigenvalue weighted by molar-refractivity contribution is 5.74. The molecule has 0 aromatic rings. The highest BCUT2D eigenvalue weighted by atomic mass is 16.5. The fourth-order valence-corrected chi connectivity index (χ4v) is 1.85. The van der Waals surface area contributed by atoms with Crippen LogP contribution in [0.2, 0.25) is 0 Å². The van der Waals surface area contributed by atoms with E-state index in [4.69, 9.17) is 9.84 Å². The molecular formula is C13H26N2O4. The molecule has 19 heavy (non-hydrogen) atoms. The van der Waals surface area contributed by atoms with Crippen LogP contribution < -0.4 is 5.32 Å². The van der Waals surface area contributed by atoms with Crippen molar-refractivity contribution in [1.82, 2.24) is 10.2 Å². The third-order valence-electron chi connectivity index (χ3n) is 2.79. The zero-order valence-electron chi connectivity index (χ0n) is 12.3. The van der Waals surface area contributed by atoms with E-state index in [9.17, 15) is 9.59 Å². The zero-order valence-corrected chi connectivity index (χ0v) is 12.3. The van der Waals surface area contributed by atoms with Crippen LogP contribution in [0.4, 0.5) is 4.79 Å². The van der Waals surface area contributed by atoms with Gasteiger partial charge in [-0.25, -0.2) is 4.79 Å². The first kappa shape index (κ1) is 17.7. The van der Waals surface area contributed by atoms with Crippen LogP contribution in [-0.2, 0) is 9.53 Å². The highest BCUT2D eigenvalue weighted by Gasteiger charge is 2.17. The number of rotatable bonds is 9. The number of nitrogens with zero attached hydrogens (tertiary/aromatic N) is 1. The van der Waals surface area contributed by atoms with Gasteiger partial charge in [0.1, 0.15) is 0 Å². The van der Waals surface area contributed by atoms with Crippen LogP contribution >= 0.6 is 0 Å². The second-order valence-corrected chi connectivity index (χ2v) is 5.19. The number of hydrogen-bond donors (Lipinski definition) is 2. The minimum atomic E-state index is -0.826. The average Bonchev–Trinajstić information content (AvgIpc) is 2.31. The molecule has 0 fully saturated rings. The van der Waals surface area contributed by atoms with Crippen LogP contribution in [0, 0.1) is 11.8 Å².